The van der Waals surface area contributed by atoms with Crippen LogP contribution in [0, 0.1) is 0 Å². The van der Waals surface area contributed by atoms with E-state index in [1.54, 1.807) is 0 Å². The molecular weight excluding hydrogens is 1020 g/mol. The molecule has 0 fully saturated rings. The highest BCUT2D eigenvalue weighted by Gasteiger charge is 2.19. The van der Waals surface area contributed by atoms with Crippen LogP contribution in [0.3, 0.4) is 0 Å². The second-order valence-electron chi connectivity index (χ2n) is 22.3. The largest absolute Gasteiger partial charge is 0.462 e. The maximum atomic E-state index is 12.9. The number of ether oxygens (including phenoxy) is 3. The van der Waals surface area contributed by atoms with Crippen molar-refractivity contribution < 1.29 is 28.6 Å². The number of carbonyl (C=O) groups excluding carboxylic acids is 3. The molecule has 0 N–H and O–H groups in total. The number of allylic oxidation sites excluding steroid dienone is 24. The van der Waals surface area contributed by atoms with E-state index in [1.807, 2.05) is 0 Å². The Hall–Kier alpha value is -4.71. The van der Waals surface area contributed by atoms with Gasteiger partial charge < -0.3 is 14.2 Å². The van der Waals surface area contributed by atoms with Gasteiger partial charge in [0.2, 0.25) is 0 Å². The Morgan fingerprint density at radius 3 is 0.747 bits per heavy atom. The predicted molar refractivity (Wildman–Crippen MR) is 362 cm³/mol. The number of esters is 3. The van der Waals surface area contributed by atoms with Gasteiger partial charge in [0.15, 0.2) is 6.10 Å². The lowest BCUT2D eigenvalue weighted by Gasteiger charge is -2.18. The SMILES string of the molecule is CC/C=C\C/C=C\C/C=C\C/C=C\C/C=C\C/C=C\C/C=C\CCCCCCCCCC(=O)OCC(COC(=O)CCCCC/C=C\C/C=C\C/C=C\CC)OC(=O)CCCCCCCCCCCCC/C=C\C/C=C\CCCCCCC. The topological polar surface area (TPSA) is 78.9 Å². The molecule has 0 aromatic carbocycles. The summed E-state index contributed by atoms with van der Waals surface area (Å²) in [6, 6.07) is 0. The smallest absolute Gasteiger partial charge is 0.306 e. The first kappa shape index (κ1) is 78.3. The molecule has 0 bridgehead atoms. The maximum Gasteiger partial charge on any atom is 0.306 e. The van der Waals surface area contributed by atoms with Crippen molar-refractivity contribution in [3.8, 4) is 0 Å². The Kier molecular flexibility index (Phi) is 65.8. The summed E-state index contributed by atoms with van der Waals surface area (Å²) in [5.41, 5.74) is 0. The summed E-state index contributed by atoms with van der Waals surface area (Å²) in [5, 5.41) is 0. The molecule has 0 heterocycles. The Balaban J connectivity index is 4.36. The third-order valence-electron chi connectivity index (χ3n) is 14.3. The van der Waals surface area contributed by atoms with E-state index >= 15 is 0 Å². The first-order chi connectivity index (χ1) is 41.0. The van der Waals surface area contributed by atoms with Crippen molar-refractivity contribution in [1.82, 2.24) is 0 Å². The van der Waals surface area contributed by atoms with Gasteiger partial charge in [0.25, 0.3) is 0 Å². The fourth-order valence-electron chi connectivity index (χ4n) is 9.23. The van der Waals surface area contributed by atoms with E-state index in [9.17, 15) is 14.4 Å². The predicted octanol–water partition coefficient (Wildman–Crippen LogP) is 23.9. The molecule has 0 aliphatic carbocycles. The Bertz CT molecular complexity index is 1800. The average Bonchev–Trinajstić information content (AvgIpc) is 3.49. The van der Waals surface area contributed by atoms with Crippen LogP contribution in [-0.2, 0) is 28.6 Å². The fraction of sp³-hybridized carbons (Fsp3) is 0.649. The van der Waals surface area contributed by atoms with Crippen molar-refractivity contribution in [3.05, 3.63) is 146 Å². The molecule has 0 spiro atoms. The molecule has 0 radical (unpaired) electrons. The third-order valence-corrected chi connectivity index (χ3v) is 14.3. The van der Waals surface area contributed by atoms with Crippen LogP contribution >= 0.6 is 0 Å². The molecule has 6 nitrogen and oxygen atoms in total. The first-order valence-corrected chi connectivity index (χ1v) is 34.3. The first-order valence-electron chi connectivity index (χ1n) is 34.3. The molecule has 0 amide bonds. The minimum Gasteiger partial charge on any atom is -0.462 e. The monoisotopic (exact) mass is 1150 g/mol. The number of hydrogen-bond donors (Lipinski definition) is 0. The summed E-state index contributed by atoms with van der Waals surface area (Å²) in [7, 11) is 0. The minimum atomic E-state index is -0.804. The van der Waals surface area contributed by atoms with Crippen LogP contribution in [0.2, 0.25) is 0 Å². The molecule has 0 aromatic heterocycles. The molecule has 0 aromatic rings. The highest BCUT2D eigenvalue weighted by Crippen LogP contribution is 2.16. The van der Waals surface area contributed by atoms with Crippen LogP contribution in [0.15, 0.2) is 146 Å². The van der Waals surface area contributed by atoms with Gasteiger partial charge in [0, 0.05) is 19.3 Å². The van der Waals surface area contributed by atoms with Crippen molar-refractivity contribution >= 4 is 17.9 Å². The molecule has 470 valence electrons. The van der Waals surface area contributed by atoms with Crippen LogP contribution in [0.5, 0.6) is 0 Å². The molecule has 0 saturated heterocycles. The molecule has 1 unspecified atom stereocenters. The van der Waals surface area contributed by atoms with E-state index in [0.29, 0.717) is 19.3 Å². The summed E-state index contributed by atoms with van der Waals surface area (Å²) in [5.74, 6) is -0.937. The summed E-state index contributed by atoms with van der Waals surface area (Å²) in [4.78, 5) is 38.4. The number of unbranched alkanes of at least 4 members (excludes halogenated alkanes) is 26. The quantitative estimate of drug-likeness (QED) is 0.0261. The zero-order valence-electron chi connectivity index (χ0n) is 53.9. The van der Waals surface area contributed by atoms with Gasteiger partial charge in [-0.2, -0.15) is 0 Å². The van der Waals surface area contributed by atoms with Gasteiger partial charge in [-0.15, -0.1) is 0 Å². The van der Waals surface area contributed by atoms with Gasteiger partial charge in [-0.3, -0.25) is 14.4 Å². The Labute approximate surface area is 512 Å². The Morgan fingerprint density at radius 1 is 0.253 bits per heavy atom. The molecule has 0 aliphatic heterocycles. The van der Waals surface area contributed by atoms with Crippen molar-refractivity contribution in [2.24, 2.45) is 0 Å². The average molecular weight is 1150 g/mol. The summed E-state index contributed by atoms with van der Waals surface area (Å²) in [6.45, 7) is 6.38. The van der Waals surface area contributed by atoms with Gasteiger partial charge in [0.1, 0.15) is 13.2 Å². The Morgan fingerprint density at radius 2 is 0.470 bits per heavy atom. The zero-order valence-corrected chi connectivity index (χ0v) is 53.9. The van der Waals surface area contributed by atoms with Gasteiger partial charge in [0.05, 0.1) is 0 Å². The maximum absolute atomic E-state index is 12.9. The normalized spacial score (nSPS) is 13.0. The number of rotatable bonds is 61. The highest BCUT2D eigenvalue weighted by molar-refractivity contribution is 5.71. The van der Waals surface area contributed by atoms with E-state index in [0.717, 1.165) is 141 Å². The lowest BCUT2D eigenvalue weighted by atomic mass is 10.0. The van der Waals surface area contributed by atoms with Gasteiger partial charge in [-0.1, -0.05) is 289 Å². The van der Waals surface area contributed by atoms with Crippen LogP contribution in [-0.4, -0.2) is 37.2 Å². The zero-order chi connectivity index (χ0) is 59.9. The van der Waals surface area contributed by atoms with Gasteiger partial charge >= 0.3 is 17.9 Å². The standard InChI is InChI=1S/C77H126O6/c1-4-7-10-13-16-19-22-25-27-29-31-33-35-36-37-38-39-40-42-43-45-47-49-52-55-58-61-64-67-70-76(79)82-73-74(72-81-75(78)69-66-63-60-57-54-51-24-21-18-15-12-9-6-3)83-77(80)71-68-65-62-59-56-53-50-48-46-44-41-34-32-30-28-26-23-20-17-14-11-8-5-2/h7,9-10,12,16,18-19,21,23,25-27,30-33,36-37,39-40,43,45,51,54,74H,4-6,8,11,13-15,17,20,22,24,28-29,34-35,38,41-42,44,46-50,52-53,55-73H2,1-3H3/b10-7-,12-9-,19-16-,21-18-,26-23-,27-25-,32-30-,33-31-,37-36-,40-39-,45-43-,54-51-. The summed E-state index contributed by atoms with van der Waals surface area (Å²) >= 11 is 0. The van der Waals surface area contributed by atoms with E-state index in [2.05, 4.69) is 167 Å². The lowest BCUT2D eigenvalue weighted by molar-refractivity contribution is -0.167. The van der Waals surface area contributed by atoms with E-state index in [1.165, 1.54) is 122 Å². The minimum absolute atomic E-state index is 0.0983. The number of carbonyl (C=O) groups is 3. The van der Waals surface area contributed by atoms with Crippen LogP contribution in [0.25, 0.3) is 0 Å². The van der Waals surface area contributed by atoms with Crippen LogP contribution in [0.1, 0.15) is 303 Å². The second-order valence-corrected chi connectivity index (χ2v) is 22.3. The van der Waals surface area contributed by atoms with E-state index in [4.69, 9.17) is 14.2 Å². The molecule has 0 saturated carbocycles. The fourth-order valence-corrected chi connectivity index (χ4v) is 9.23. The summed E-state index contributed by atoms with van der Waals surface area (Å²) < 4.78 is 16.9. The molecular formula is C77H126O6. The van der Waals surface area contributed by atoms with E-state index in [-0.39, 0.29) is 31.1 Å². The van der Waals surface area contributed by atoms with Crippen molar-refractivity contribution in [1.29, 1.82) is 0 Å². The third kappa shape index (κ3) is 68.0. The molecule has 83 heavy (non-hydrogen) atoms. The summed E-state index contributed by atoms with van der Waals surface area (Å²) in [6.07, 6.45) is 100. The van der Waals surface area contributed by atoms with Crippen molar-refractivity contribution in [3.63, 3.8) is 0 Å². The van der Waals surface area contributed by atoms with Gasteiger partial charge in [-0.25, -0.2) is 0 Å². The molecule has 0 aliphatic rings. The van der Waals surface area contributed by atoms with Crippen molar-refractivity contribution in [2.75, 3.05) is 13.2 Å². The van der Waals surface area contributed by atoms with Crippen LogP contribution in [0.4, 0.5) is 0 Å². The van der Waals surface area contributed by atoms with Crippen LogP contribution < -0.4 is 0 Å². The molecule has 0 rings (SSSR count). The lowest BCUT2D eigenvalue weighted by Crippen LogP contribution is -2.30. The number of hydrogen-bond acceptors (Lipinski definition) is 6. The second kappa shape index (κ2) is 69.8. The van der Waals surface area contributed by atoms with Crippen molar-refractivity contribution in [2.45, 2.75) is 309 Å². The molecule has 1 atom stereocenters. The van der Waals surface area contributed by atoms with E-state index < -0.39 is 6.10 Å². The highest BCUT2D eigenvalue weighted by atomic mass is 16.6. The molecule has 6 heteroatoms. The van der Waals surface area contributed by atoms with Gasteiger partial charge in [-0.05, 0) is 141 Å².